The Morgan fingerprint density at radius 3 is 2.83 bits per heavy atom. The summed E-state index contributed by atoms with van der Waals surface area (Å²) >= 11 is 0. The summed E-state index contributed by atoms with van der Waals surface area (Å²) in [7, 11) is 0. The van der Waals surface area contributed by atoms with Crippen molar-refractivity contribution < 1.29 is 9.53 Å². The molecule has 1 fully saturated rings. The lowest BCUT2D eigenvalue weighted by Crippen LogP contribution is -2.36. The molecule has 0 bridgehead atoms. The van der Waals surface area contributed by atoms with Crippen LogP contribution < -0.4 is 11.1 Å². The van der Waals surface area contributed by atoms with E-state index < -0.39 is 0 Å². The molecule has 0 spiro atoms. The molecule has 1 aliphatic rings. The standard InChI is InChI=1S/C13H27N3O2/c1-12-3-8-16(9-4-12)7-2-6-15-13(17)11-18-10-5-14/h12H,2-11,14H2,1H3,(H,15,17). The van der Waals surface area contributed by atoms with Gasteiger partial charge < -0.3 is 20.7 Å². The number of ether oxygens (including phenoxy) is 1. The smallest absolute Gasteiger partial charge is 0.245 e. The number of amides is 1. The highest BCUT2D eigenvalue weighted by atomic mass is 16.5. The van der Waals surface area contributed by atoms with Gasteiger partial charge in [0.25, 0.3) is 0 Å². The van der Waals surface area contributed by atoms with E-state index in [-0.39, 0.29) is 12.5 Å². The maximum Gasteiger partial charge on any atom is 0.245 e. The molecule has 18 heavy (non-hydrogen) atoms. The van der Waals surface area contributed by atoms with E-state index in [0.717, 1.165) is 25.4 Å². The van der Waals surface area contributed by atoms with Crippen LogP contribution in [0, 0.1) is 5.92 Å². The lowest BCUT2D eigenvalue weighted by molar-refractivity contribution is -0.125. The van der Waals surface area contributed by atoms with Crippen LogP contribution in [0.3, 0.4) is 0 Å². The fourth-order valence-corrected chi connectivity index (χ4v) is 2.12. The second-order valence-electron chi connectivity index (χ2n) is 5.07. The zero-order chi connectivity index (χ0) is 13.2. The predicted octanol–water partition coefficient (Wildman–Crippen LogP) is 0.200. The van der Waals surface area contributed by atoms with Crippen LogP contribution in [-0.2, 0) is 9.53 Å². The Labute approximate surface area is 110 Å². The maximum absolute atomic E-state index is 11.3. The van der Waals surface area contributed by atoms with Crippen molar-refractivity contribution in [1.29, 1.82) is 0 Å². The van der Waals surface area contributed by atoms with Gasteiger partial charge in [-0.3, -0.25) is 4.79 Å². The molecule has 0 aromatic rings. The number of likely N-dealkylation sites (tertiary alicyclic amines) is 1. The summed E-state index contributed by atoms with van der Waals surface area (Å²) in [4.78, 5) is 13.8. The van der Waals surface area contributed by atoms with Gasteiger partial charge >= 0.3 is 0 Å². The fraction of sp³-hybridized carbons (Fsp3) is 0.923. The molecule has 0 atom stereocenters. The third kappa shape index (κ3) is 6.93. The summed E-state index contributed by atoms with van der Waals surface area (Å²) < 4.78 is 5.06. The average Bonchev–Trinajstić information content (AvgIpc) is 2.37. The van der Waals surface area contributed by atoms with Gasteiger partial charge in [-0.25, -0.2) is 0 Å². The van der Waals surface area contributed by atoms with Crippen LogP contribution in [0.15, 0.2) is 0 Å². The van der Waals surface area contributed by atoms with E-state index >= 15 is 0 Å². The Bertz CT molecular complexity index is 228. The average molecular weight is 257 g/mol. The first-order valence-corrected chi connectivity index (χ1v) is 6.99. The summed E-state index contributed by atoms with van der Waals surface area (Å²) in [5.41, 5.74) is 5.27. The zero-order valence-electron chi connectivity index (χ0n) is 11.5. The molecule has 5 heteroatoms. The molecule has 3 N–H and O–H groups in total. The molecule has 0 aliphatic carbocycles. The van der Waals surface area contributed by atoms with Gasteiger partial charge in [-0.05, 0) is 44.8 Å². The second kappa shape index (κ2) is 9.30. The third-order valence-corrected chi connectivity index (χ3v) is 3.34. The number of nitrogens with two attached hydrogens (primary N) is 1. The summed E-state index contributed by atoms with van der Waals surface area (Å²) in [6, 6.07) is 0. The van der Waals surface area contributed by atoms with Gasteiger partial charge in [0.15, 0.2) is 0 Å². The molecule has 106 valence electrons. The Kier molecular flexibility index (Phi) is 7.96. The van der Waals surface area contributed by atoms with E-state index in [9.17, 15) is 4.79 Å². The molecule has 0 radical (unpaired) electrons. The Morgan fingerprint density at radius 1 is 1.44 bits per heavy atom. The van der Waals surface area contributed by atoms with Gasteiger partial charge in [0.1, 0.15) is 6.61 Å². The first-order chi connectivity index (χ1) is 8.72. The molecule has 5 nitrogen and oxygen atoms in total. The van der Waals surface area contributed by atoms with Crippen LogP contribution in [0.2, 0.25) is 0 Å². The van der Waals surface area contributed by atoms with Gasteiger partial charge in [0, 0.05) is 13.1 Å². The molecular weight excluding hydrogens is 230 g/mol. The first kappa shape index (κ1) is 15.4. The minimum atomic E-state index is -0.0456. The van der Waals surface area contributed by atoms with E-state index in [0.29, 0.717) is 13.2 Å². The molecule has 0 aromatic carbocycles. The first-order valence-electron chi connectivity index (χ1n) is 6.99. The minimum absolute atomic E-state index is 0.0456. The van der Waals surface area contributed by atoms with Gasteiger partial charge in [-0.1, -0.05) is 6.92 Å². The fourth-order valence-electron chi connectivity index (χ4n) is 2.12. The number of rotatable bonds is 8. The van der Waals surface area contributed by atoms with Crippen molar-refractivity contribution in [3.8, 4) is 0 Å². The summed E-state index contributed by atoms with van der Waals surface area (Å²) in [6.07, 6.45) is 3.62. The van der Waals surface area contributed by atoms with Crippen molar-refractivity contribution in [2.45, 2.75) is 26.2 Å². The number of nitrogens with zero attached hydrogens (tertiary/aromatic N) is 1. The van der Waals surface area contributed by atoms with Crippen molar-refractivity contribution in [3.05, 3.63) is 0 Å². The van der Waals surface area contributed by atoms with E-state index in [1.165, 1.54) is 25.9 Å². The Balaban J connectivity index is 1.93. The second-order valence-corrected chi connectivity index (χ2v) is 5.07. The Morgan fingerprint density at radius 2 is 2.17 bits per heavy atom. The topological polar surface area (TPSA) is 67.6 Å². The summed E-state index contributed by atoms with van der Waals surface area (Å²) in [5.74, 6) is 0.830. The normalized spacial score (nSPS) is 17.9. The van der Waals surface area contributed by atoms with Gasteiger partial charge in [-0.15, -0.1) is 0 Å². The summed E-state index contributed by atoms with van der Waals surface area (Å²) in [5, 5.41) is 2.86. The molecule has 1 rings (SSSR count). The van der Waals surface area contributed by atoms with Crippen LogP contribution in [0.4, 0.5) is 0 Å². The number of piperidine rings is 1. The van der Waals surface area contributed by atoms with Crippen LogP contribution in [0.25, 0.3) is 0 Å². The molecule has 1 amide bonds. The number of hydrogen-bond donors (Lipinski definition) is 2. The van der Waals surface area contributed by atoms with Crippen LogP contribution in [0.1, 0.15) is 26.2 Å². The van der Waals surface area contributed by atoms with Crippen LogP contribution in [-0.4, -0.2) is 56.7 Å². The van der Waals surface area contributed by atoms with Crippen molar-refractivity contribution in [2.24, 2.45) is 11.7 Å². The predicted molar refractivity (Wildman–Crippen MR) is 72.3 cm³/mol. The quantitative estimate of drug-likeness (QED) is 0.610. The number of nitrogens with one attached hydrogen (secondary N) is 1. The molecule has 1 aliphatic heterocycles. The van der Waals surface area contributed by atoms with Gasteiger partial charge in [0.2, 0.25) is 5.91 Å². The number of hydrogen-bond acceptors (Lipinski definition) is 4. The highest BCUT2D eigenvalue weighted by Gasteiger charge is 2.14. The third-order valence-electron chi connectivity index (χ3n) is 3.34. The lowest BCUT2D eigenvalue weighted by atomic mass is 9.99. The summed E-state index contributed by atoms with van der Waals surface area (Å²) in [6.45, 7) is 7.56. The van der Waals surface area contributed by atoms with E-state index in [4.69, 9.17) is 10.5 Å². The molecule has 0 aromatic heterocycles. The van der Waals surface area contributed by atoms with Gasteiger partial charge in [0.05, 0.1) is 6.61 Å². The number of carbonyl (C=O) groups excluding carboxylic acids is 1. The minimum Gasteiger partial charge on any atom is -0.370 e. The van der Waals surface area contributed by atoms with Crippen LogP contribution >= 0.6 is 0 Å². The van der Waals surface area contributed by atoms with Crippen molar-refractivity contribution >= 4 is 5.91 Å². The highest BCUT2D eigenvalue weighted by Crippen LogP contribution is 2.15. The maximum atomic E-state index is 11.3. The zero-order valence-corrected chi connectivity index (χ0v) is 11.5. The number of carbonyl (C=O) groups is 1. The SMILES string of the molecule is CC1CCN(CCCNC(=O)COCCN)CC1. The van der Waals surface area contributed by atoms with E-state index in [1.54, 1.807) is 0 Å². The van der Waals surface area contributed by atoms with E-state index in [1.807, 2.05) is 0 Å². The Hall–Kier alpha value is -0.650. The lowest BCUT2D eigenvalue weighted by Gasteiger charge is -2.30. The van der Waals surface area contributed by atoms with E-state index in [2.05, 4.69) is 17.1 Å². The van der Waals surface area contributed by atoms with Crippen molar-refractivity contribution in [1.82, 2.24) is 10.2 Å². The van der Waals surface area contributed by atoms with Crippen molar-refractivity contribution in [2.75, 3.05) is 45.9 Å². The van der Waals surface area contributed by atoms with Crippen LogP contribution in [0.5, 0.6) is 0 Å². The molecule has 1 heterocycles. The molecule has 0 unspecified atom stereocenters. The highest BCUT2D eigenvalue weighted by molar-refractivity contribution is 5.77. The van der Waals surface area contributed by atoms with Crippen molar-refractivity contribution in [3.63, 3.8) is 0 Å². The molecular formula is C13H27N3O2. The van der Waals surface area contributed by atoms with Gasteiger partial charge in [-0.2, -0.15) is 0 Å². The monoisotopic (exact) mass is 257 g/mol. The largest absolute Gasteiger partial charge is 0.370 e. The molecule has 1 saturated heterocycles. The molecule has 0 saturated carbocycles.